The summed E-state index contributed by atoms with van der Waals surface area (Å²) in [7, 11) is 0. The van der Waals surface area contributed by atoms with Gasteiger partial charge >= 0.3 is 5.97 Å². The van der Waals surface area contributed by atoms with Gasteiger partial charge in [-0.25, -0.2) is 9.97 Å². The molecule has 11 nitrogen and oxygen atoms in total. The fourth-order valence-electron chi connectivity index (χ4n) is 3.29. The summed E-state index contributed by atoms with van der Waals surface area (Å²) in [5.74, 6) is -0.316. The van der Waals surface area contributed by atoms with Gasteiger partial charge in [0.2, 0.25) is 0 Å². The molecule has 0 radical (unpaired) electrons. The number of carbonyl (C=O) groups excluding carboxylic acids is 1. The van der Waals surface area contributed by atoms with Gasteiger partial charge in [0.05, 0.1) is 30.3 Å². The zero-order valence-electron chi connectivity index (χ0n) is 16.6. The number of nitrogens with one attached hydrogen (secondary N) is 2. The van der Waals surface area contributed by atoms with Crippen molar-refractivity contribution in [1.29, 1.82) is 0 Å². The first kappa shape index (κ1) is 21.4. The molecule has 3 heterocycles. The SMILES string of the molecule is CC(OCC1NC(c2c[nH]c3c(N)ncnc23)C(O)C1O)OC(=O)C(N)C(C)C. The van der Waals surface area contributed by atoms with Crippen LogP contribution >= 0.6 is 0 Å². The highest BCUT2D eigenvalue weighted by Crippen LogP contribution is 2.32. The number of aliphatic hydroxyl groups is 2. The van der Waals surface area contributed by atoms with Crippen LogP contribution in [0.4, 0.5) is 5.82 Å². The van der Waals surface area contributed by atoms with Gasteiger partial charge in [-0.15, -0.1) is 0 Å². The molecule has 0 aromatic carbocycles. The molecule has 160 valence electrons. The number of ether oxygens (including phenoxy) is 2. The van der Waals surface area contributed by atoms with Crippen molar-refractivity contribution in [2.75, 3.05) is 12.3 Å². The molecule has 0 saturated carbocycles. The highest BCUT2D eigenvalue weighted by atomic mass is 16.7. The second kappa shape index (κ2) is 8.59. The van der Waals surface area contributed by atoms with Gasteiger partial charge in [0.15, 0.2) is 12.1 Å². The molecule has 6 atom stereocenters. The third-order valence-corrected chi connectivity index (χ3v) is 5.14. The molecule has 1 fully saturated rings. The Bertz CT molecular complexity index is 858. The number of rotatable bonds is 7. The largest absolute Gasteiger partial charge is 0.435 e. The average Bonchev–Trinajstić information content (AvgIpc) is 3.22. The predicted octanol–water partition coefficient (Wildman–Crippen LogP) is -0.836. The second-order valence-electron chi connectivity index (χ2n) is 7.57. The molecule has 1 saturated heterocycles. The van der Waals surface area contributed by atoms with E-state index in [0.29, 0.717) is 22.4 Å². The molecule has 0 aliphatic carbocycles. The minimum Gasteiger partial charge on any atom is -0.435 e. The Morgan fingerprint density at radius 3 is 2.69 bits per heavy atom. The molecular weight excluding hydrogens is 380 g/mol. The smallest absolute Gasteiger partial charge is 0.325 e. The number of nitrogens with two attached hydrogens (primary N) is 2. The van der Waals surface area contributed by atoms with Crippen LogP contribution in [0.3, 0.4) is 0 Å². The van der Waals surface area contributed by atoms with Crippen LogP contribution in [0.15, 0.2) is 12.5 Å². The third kappa shape index (κ3) is 4.33. The van der Waals surface area contributed by atoms with Crippen molar-refractivity contribution >= 4 is 22.8 Å². The first-order chi connectivity index (χ1) is 13.7. The number of carbonyl (C=O) groups is 1. The van der Waals surface area contributed by atoms with Crippen LogP contribution in [0.5, 0.6) is 0 Å². The molecule has 8 N–H and O–H groups in total. The summed E-state index contributed by atoms with van der Waals surface area (Å²) in [6.07, 6.45) is -0.0238. The molecule has 2 aromatic rings. The number of fused-ring (bicyclic) bond motifs is 1. The molecule has 0 amide bonds. The number of esters is 1. The molecule has 2 aromatic heterocycles. The van der Waals surface area contributed by atoms with Gasteiger partial charge in [0, 0.05) is 11.8 Å². The average molecular weight is 408 g/mol. The Morgan fingerprint density at radius 2 is 2.00 bits per heavy atom. The Labute approximate surface area is 167 Å². The van der Waals surface area contributed by atoms with E-state index in [-0.39, 0.29) is 12.5 Å². The number of H-pyrrole nitrogens is 1. The highest BCUT2D eigenvalue weighted by molar-refractivity contribution is 5.87. The normalized spacial score (nSPS) is 26.7. The Morgan fingerprint density at radius 1 is 1.28 bits per heavy atom. The second-order valence-corrected chi connectivity index (χ2v) is 7.57. The van der Waals surface area contributed by atoms with Crippen LogP contribution in [0, 0.1) is 5.92 Å². The van der Waals surface area contributed by atoms with Gasteiger partial charge in [-0.1, -0.05) is 13.8 Å². The van der Waals surface area contributed by atoms with Crippen molar-refractivity contribution in [3.8, 4) is 0 Å². The molecular formula is C18H28N6O5. The number of anilines is 1. The van der Waals surface area contributed by atoms with E-state index in [1.54, 1.807) is 13.1 Å². The number of nitrogen functional groups attached to an aromatic ring is 1. The Kier molecular flexibility index (Phi) is 6.34. The van der Waals surface area contributed by atoms with Crippen LogP contribution in [-0.2, 0) is 14.3 Å². The van der Waals surface area contributed by atoms with E-state index in [9.17, 15) is 15.0 Å². The molecule has 6 unspecified atom stereocenters. The molecule has 1 aliphatic heterocycles. The lowest BCUT2D eigenvalue weighted by atomic mass is 10.0. The van der Waals surface area contributed by atoms with Crippen molar-refractivity contribution < 1.29 is 24.5 Å². The number of hydrogen-bond donors (Lipinski definition) is 6. The number of aromatic amines is 1. The fraction of sp³-hybridized carbons (Fsp3) is 0.611. The highest BCUT2D eigenvalue weighted by Gasteiger charge is 2.43. The van der Waals surface area contributed by atoms with Gasteiger partial charge in [0.1, 0.15) is 24.0 Å². The van der Waals surface area contributed by atoms with E-state index >= 15 is 0 Å². The van der Waals surface area contributed by atoms with E-state index in [1.165, 1.54) is 6.33 Å². The summed E-state index contributed by atoms with van der Waals surface area (Å²) in [5.41, 5.74) is 13.4. The van der Waals surface area contributed by atoms with E-state index in [0.717, 1.165) is 0 Å². The summed E-state index contributed by atoms with van der Waals surface area (Å²) in [4.78, 5) is 23.0. The first-order valence-electron chi connectivity index (χ1n) is 9.48. The molecule has 29 heavy (non-hydrogen) atoms. The summed E-state index contributed by atoms with van der Waals surface area (Å²) < 4.78 is 10.7. The summed E-state index contributed by atoms with van der Waals surface area (Å²) >= 11 is 0. The van der Waals surface area contributed by atoms with E-state index < -0.39 is 42.6 Å². The number of aromatic nitrogens is 3. The lowest BCUT2D eigenvalue weighted by molar-refractivity contribution is -0.179. The number of nitrogens with zero attached hydrogens (tertiary/aromatic N) is 2. The zero-order chi connectivity index (χ0) is 21.3. The van der Waals surface area contributed by atoms with Crippen molar-refractivity contribution in [3.63, 3.8) is 0 Å². The van der Waals surface area contributed by atoms with Crippen molar-refractivity contribution in [2.24, 2.45) is 11.7 Å². The molecule has 1 aliphatic rings. The van der Waals surface area contributed by atoms with E-state index in [4.69, 9.17) is 20.9 Å². The van der Waals surface area contributed by atoms with Gasteiger partial charge in [0.25, 0.3) is 0 Å². The standard InChI is InChI=1S/C18H28N6O5/c1-7(2)11(19)18(27)29-8(3)28-5-10-15(25)16(26)13(24-10)9-4-21-14-12(9)22-6-23-17(14)20/h4,6-8,10-11,13,15-16,21,24-26H,5,19H2,1-3H3,(H2,20,22,23). The maximum absolute atomic E-state index is 11.9. The Balaban J connectivity index is 1.62. The maximum atomic E-state index is 11.9. The third-order valence-electron chi connectivity index (χ3n) is 5.14. The predicted molar refractivity (Wildman–Crippen MR) is 104 cm³/mol. The monoisotopic (exact) mass is 408 g/mol. The molecule has 0 bridgehead atoms. The van der Waals surface area contributed by atoms with Crippen LogP contribution < -0.4 is 16.8 Å². The van der Waals surface area contributed by atoms with Gasteiger partial charge in [-0.2, -0.15) is 0 Å². The van der Waals surface area contributed by atoms with Gasteiger partial charge < -0.3 is 41.5 Å². The number of aliphatic hydroxyl groups excluding tert-OH is 2. The molecule has 3 rings (SSSR count). The minimum atomic E-state index is -1.09. The lowest BCUT2D eigenvalue weighted by Gasteiger charge is -2.21. The topological polar surface area (TPSA) is 182 Å². The number of hydrogen-bond acceptors (Lipinski definition) is 10. The van der Waals surface area contributed by atoms with Crippen molar-refractivity contribution in [3.05, 3.63) is 18.1 Å². The van der Waals surface area contributed by atoms with Crippen LogP contribution in [0.25, 0.3) is 11.0 Å². The van der Waals surface area contributed by atoms with E-state index in [2.05, 4.69) is 20.3 Å². The summed E-state index contributed by atoms with van der Waals surface area (Å²) in [6.45, 7) is 5.22. The van der Waals surface area contributed by atoms with Crippen molar-refractivity contribution in [1.82, 2.24) is 20.3 Å². The summed E-state index contributed by atoms with van der Waals surface area (Å²) in [5, 5.41) is 24.1. The first-order valence-corrected chi connectivity index (χ1v) is 9.48. The maximum Gasteiger partial charge on any atom is 0.325 e. The van der Waals surface area contributed by atoms with Crippen molar-refractivity contribution in [2.45, 2.75) is 57.4 Å². The quantitative estimate of drug-likeness (QED) is 0.250. The van der Waals surface area contributed by atoms with E-state index in [1.807, 2.05) is 13.8 Å². The Hall–Kier alpha value is -2.31. The van der Waals surface area contributed by atoms with Crippen LogP contribution in [-0.4, -0.2) is 68.3 Å². The van der Waals surface area contributed by atoms with Crippen LogP contribution in [0.1, 0.15) is 32.4 Å². The fourth-order valence-corrected chi connectivity index (χ4v) is 3.29. The van der Waals surface area contributed by atoms with Crippen LogP contribution in [0.2, 0.25) is 0 Å². The molecule has 0 spiro atoms. The lowest BCUT2D eigenvalue weighted by Crippen LogP contribution is -2.41. The van der Waals surface area contributed by atoms with Gasteiger partial charge in [-0.05, 0) is 12.8 Å². The zero-order valence-corrected chi connectivity index (χ0v) is 16.6. The minimum absolute atomic E-state index is 0.0135. The molecule has 11 heteroatoms. The van der Waals surface area contributed by atoms with Gasteiger partial charge in [-0.3, -0.25) is 4.79 Å². The summed E-state index contributed by atoms with van der Waals surface area (Å²) in [6, 6.07) is -1.91.